The highest BCUT2D eigenvalue weighted by Gasteiger charge is 2.25. The Labute approximate surface area is 130 Å². The second-order valence-electron chi connectivity index (χ2n) is 4.23. The van der Waals surface area contributed by atoms with Gasteiger partial charge in [0.05, 0.1) is 5.56 Å². The van der Waals surface area contributed by atoms with Crippen molar-refractivity contribution in [2.75, 3.05) is 0 Å². The summed E-state index contributed by atoms with van der Waals surface area (Å²) < 4.78 is 6.25. The van der Waals surface area contributed by atoms with E-state index in [2.05, 4.69) is 27.6 Å². The molecule has 0 saturated carbocycles. The fraction of sp³-hybridized carbons (Fsp3) is 0. The molecular formula is C16H10INO2. The predicted octanol–water partition coefficient (Wildman–Crippen LogP) is 3.64. The highest BCUT2D eigenvalue weighted by molar-refractivity contribution is 14.1. The average molecular weight is 375 g/mol. The number of rotatable bonds is 2. The van der Waals surface area contributed by atoms with Gasteiger partial charge in [0.15, 0.2) is 5.70 Å². The van der Waals surface area contributed by atoms with Gasteiger partial charge < -0.3 is 4.74 Å². The van der Waals surface area contributed by atoms with Crippen LogP contribution in [0.5, 0.6) is 0 Å². The molecular weight excluding hydrogens is 365 g/mol. The summed E-state index contributed by atoms with van der Waals surface area (Å²) in [7, 11) is 0. The number of nitrogens with zero attached hydrogens (tertiary/aromatic N) is 1. The predicted molar refractivity (Wildman–Crippen MR) is 86.2 cm³/mol. The topological polar surface area (TPSA) is 38.7 Å². The van der Waals surface area contributed by atoms with Crippen LogP contribution in [0.15, 0.2) is 65.3 Å². The summed E-state index contributed by atoms with van der Waals surface area (Å²) in [4.78, 5) is 16.2. The minimum Gasteiger partial charge on any atom is -0.402 e. The lowest BCUT2D eigenvalue weighted by molar-refractivity contribution is -0.129. The molecule has 1 aliphatic rings. The number of halogens is 1. The summed E-state index contributed by atoms with van der Waals surface area (Å²) in [5, 5.41) is 0. The van der Waals surface area contributed by atoms with Gasteiger partial charge in [-0.3, -0.25) is 0 Å². The van der Waals surface area contributed by atoms with E-state index in [1.165, 1.54) is 0 Å². The molecule has 0 fully saturated rings. The van der Waals surface area contributed by atoms with Crippen LogP contribution in [0.2, 0.25) is 0 Å². The van der Waals surface area contributed by atoms with E-state index < -0.39 is 5.97 Å². The lowest BCUT2D eigenvalue weighted by Gasteiger charge is -2.01. The van der Waals surface area contributed by atoms with E-state index >= 15 is 0 Å². The number of carbonyl (C=O) groups is 1. The molecule has 20 heavy (non-hydrogen) atoms. The smallest absolute Gasteiger partial charge is 0.363 e. The number of cyclic esters (lactones) is 1. The van der Waals surface area contributed by atoms with E-state index in [0.29, 0.717) is 11.6 Å². The monoisotopic (exact) mass is 375 g/mol. The Hall–Kier alpha value is -1.95. The fourth-order valence-corrected chi connectivity index (χ4v) is 2.48. The van der Waals surface area contributed by atoms with Crippen LogP contribution >= 0.6 is 22.6 Å². The quantitative estimate of drug-likeness (QED) is 0.457. The van der Waals surface area contributed by atoms with Crippen molar-refractivity contribution in [2.45, 2.75) is 0 Å². The minimum absolute atomic E-state index is 0.325. The van der Waals surface area contributed by atoms with Crippen molar-refractivity contribution in [3.63, 3.8) is 0 Å². The molecule has 4 heteroatoms. The molecule has 0 spiro atoms. The Bertz CT molecular complexity index is 720. The maximum Gasteiger partial charge on any atom is 0.363 e. The molecule has 3 nitrogen and oxygen atoms in total. The lowest BCUT2D eigenvalue weighted by Crippen LogP contribution is -2.06. The Morgan fingerprint density at radius 1 is 1.00 bits per heavy atom. The van der Waals surface area contributed by atoms with Crippen LogP contribution in [-0.4, -0.2) is 11.9 Å². The summed E-state index contributed by atoms with van der Waals surface area (Å²) in [5.41, 5.74) is 2.08. The normalized spacial score (nSPS) is 16.1. The van der Waals surface area contributed by atoms with Crippen molar-refractivity contribution in [1.82, 2.24) is 0 Å². The van der Waals surface area contributed by atoms with Crippen molar-refractivity contribution in [2.24, 2.45) is 4.99 Å². The van der Waals surface area contributed by atoms with E-state index in [9.17, 15) is 4.79 Å². The van der Waals surface area contributed by atoms with E-state index in [1.807, 2.05) is 54.6 Å². The summed E-state index contributed by atoms with van der Waals surface area (Å²) in [6.07, 6.45) is 1.73. The molecule has 0 aliphatic carbocycles. The van der Waals surface area contributed by atoms with Gasteiger partial charge in [0.2, 0.25) is 5.90 Å². The highest BCUT2D eigenvalue weighted by Crippen LogP contribution is 2.21. The minimum atomic E-state index is -0.413. The number of carbonyl (C=O) groups excluding carboxylic acids is 1. The van der Waals surface area contributed by atoms with Gasteiger partial charge in [0, 0.05) is 3.57 Å². The number of aliphatic imine (C=N–C) groups is 1. The standard InChI is InChI=1S/C16H10INO2/c17-13-9-5-4-8-12(13)15-18-14(16(19)20-15)10-11-6-2-1-3-7-11/h1-10H/b14-10+. The molecule has 0 atom stereocenters. The SMILES string of the molecule is O=C1OC(c2ccccc2I)=N/C1=C/c1ccccc1. The molecule has 1 aliphatic heterocycles. The molecule has 0 saturated heterocycles. The zero-order valence-corrected chi connectivity index (χ0v) is 12.6. The second-order valence-corrected chi connectivity index (χ2v) is 5.39. The molecule has 0 N–H and O–H groups in total. The van der Waals surface area contributed by atoms with Crippen molar-refractivity contribution in [3.8, 4) is 0 Å². The molecule has 0 amide bonds. The molecule has 0 bridgehead atoms. The largest absolute Gasteiger partial charge is 0.402 e. The maximum atomic E-state index is 11.9. The van der Waals surface area contributed by atoms with Crippen LogP contribution in [0.25, 0.3) is 6.08 Å². The Balaban J connectivity index is 1.98. The third kappa shape index (κ3) is 2.65. The first-order chi connectivity index (χ1) is 9.74. The molecule has 0 radical (unpaired) electrons. The Kier molecular flexibility index (Phi) is 3.64. The van der Waals surface area contributed by atoms with E-state index in [-0.39, 0.29) is 0 Å². The summed E-state index contributed by atoms with van der Waals surface area (Å²) in [6.45, 7) is 0. The van der Waals surface area contributed by atoms with E-state index in [4.69, 9.17) is 4.74 Å². The zero-order valence-electron chi connectivity index (χ0n) is 10.4. The Morgan fingerprint density at radius 2 is 1.70 bits per heavy atom. The summed E-state index contributed by atoms with van der Waals surface area (Å²) >= 11 is 2.20. The molecule has 3 rings (SSSR count). The molecule has 0 unspecified atom stereocenters. The van der Waals surface area contributed by atoms with Crippen LogP contribution in [0.4, 0.5) is 0 Å². The number of benzene rings is 2. The van der Waals surface area contributed by atoms with Crippen LogP contribution in [-0.2, 0) is 9.53 Å². The van der Waals surface area contributed by atoms with Gasteiger partial charge in [-0.2, -0.15) is 0 Å². The molecule has 2 aromatic rings. The molecule has 2 aromatic carbocycles. The first kappa shape index (κ1) is 13.1. The van der Waals surface area contributed by atoms with Gasteiger partial charge >= 0.3 is 5.97 Å². The third-order valence-corrected chi connectivity index (χ3v) is 3.77. The molecule has 98 valence electrons. The van der Waals surface area contributed by atoms with Crippen molar-refractivity contribution in [3.05, 3.63) is 75.0 Å². The van der Waals surface area contributed by atoms with Crippen molar-refractivity contribution in [1.29, 1.82) is 0 Å². The average Bonchev–Trinajstić information content (AvgIpc) is 2.81. The lowest BCUT2D eigenvalue weighted by atomic mass is 10.2. The van der Waals surface area contributed by atoms with E-state index in [0.717, 1.165) is 14.7 Å². The number of hydrogen-bond donors (Lipinski definition) is 0. The van der Waals surface area contributed by atoms with Gasteiger partial charge in [0.1, 0.15) is 0 Å². The van der Waals surface area contributed by atoms with Crippen molar-refractivity contribution < 1.29 is 9.53 Å². The van der Waals surface area contributed by atoms with Crippen LogP contribution < -0.4 is 0 Å². The van der Waals surface area contributed by atoms with Gasteiger partial charge in [0.25, 0.3) is 0 Å². The third-order valence-electron chi connectivity index (χ3n) is 2.83. The Morgan fingerprint density at radius 3 is 2.45 bits per heavy atom. The van der Waals surface area contributed by atoms with Crippen LogP contribution in [0.1, 0.15) is 11.1 Å². The van der Waals surface area contributed by atoms with Gasteiger partial charge in [-0.25, -0.2) is 9.79 Å². The molecule has 1 heterocycles. The zero-order chi connectivity index (χ0) is 13.9. The first-order valence-electron chi connectivity index (χ1n) is 6.06. The van der Waals surface area contributed by atoms with Crippen LogP contribution in [0.3, 0.4) is 0 Å². The van der Waals surface area contributed by atoms with Gasteiger partial charge in [-0.1, -0.05) is 42.5 Å². The highest BCUT2D eigenvalue weighted by atomic mass is 127. The summed E-state index contributed by atoms with van der Waals surface area (Å²) in [5.74, 6) is -0.0503. The number of hydrogen-bond acceptors (Lipinski definition) is 3. The first-order valence-corrected chi connectivity index (χ1v) is 7.14. The van der Waals surface area contributed by atoms with Gasteiger partial charge in [-0.05, 0) is 46.4 Å². The number of ether oxygens (including phenoxy) is 1. The van der Waals surface area contributed by atoms with Gasteiger partial charge in [-0.15, -0.1) is 0 Å². The summed E-state index contributed by atoms with van der Waals surface area (Å²) in [6, 6.07) is 17.3. The van der Waals surface area contributed by atoms with E-state index in [1.54, 1.807) is 6.08 Å². The fourth-order valence-electron chi connectivity index (χ4n) is 1.87. The number of esters is 1. The van der Waals surface area contributed by atoms with Crippen LogP contribution in [0, 0.1) is 3.57 Å². The maximum absolute atomic E-state index is 11.9. The molecule has 0 aromatic heterocycles. The second kappa shape index (κ2) is 5.58. The van der Waals surface area contributed by atoms with Crippen molar-refractivity contribution >= 4 is 40.5 Å².